The van der Waals surface area contributed by atoms with Crippen LogP contribution in [0.2, 0.25) is 0 Å². The number of benzene rings is 2. The van der Waals surface area contributed by atoms with Gasteiger partial charge in [0.1, 0.15) is 11.4 Å². The number of carbonyl (C=O) groups is 3. The van der Waals surface area contributed by atoms with Crippen LogP contribution in [0.4, 0.5) is 10.5 Å². The number of fused-ring (bicyclic) bond motifs is 1. The van der Waals surface area contributed by atoms with E-state index in [1.54, 1.807) is 32.9 Å². The number of amides is 3. The standard InChI is InChI=1S/C32H40N4O4/c1-6-15-36(16-7-2)30(38)24-17-22-13-14-23(29(37)34-27-20-25(27)21-11-9-8-10-12-21)18-26(22)33-28(19-24)35-31(39)40-32(3,4)5/h8-14,17-18,25,27H,6-7,15-16,19-20H2,1-5H3,(H,34,37)(H,33,35,39)/t25-,27+/m0/s1. The number of nitrogens with zero attached hydrogens (tertiary/aromatic N) is 2. The lowest BCUT2D eigenvalue weighted by Crippen LogP contribution is -2.38. The van der Waals surface area contributed by atoms with E-state index in [1.165, 1.54) is 5.56 Å². The van der Waals surface area contributed by atoms with Crippen LogP contribution in [-0.2, 0) is 9.53 Å². The fourth-order valence-corrected chi connectivity index (χ4v) is 4.87. The quantitative estimate of drug-likeness (QED) is 0.428. The van der Waals surface area contributed by atoms with Crippen LogP contribution in [0.15, 0.2) is 59.1 Å². The lowest BCUT2D eigenvalue weighted by atomic mass is 10.0. The Bertz CT molecular complexity index is 1300. The molecule has 2 aliphatic rings. The first-order valence-electron chi connectivity index (χ1n) is 14.1. The highest BCUT2D eigenvalue weighted by molar-refractivity contribution is 6.09. The van der Waals surface area contributed by atoms with Crippen LogP contribution < -0.4 is 10.6 Å². The Balaban J connectivity index is 1.59. The van der Waals surface area contributed by atoms with E-state index >= 15 is 0 Å². The summed E-state index contributed by atoms with van der Waals surface area (Å²) in [6.45, 7) is 10.7. The highest BCUT2D eigenvalue weighted by Gasteiger charge is 2.39. The van der Waals surface area contributed by atoms with Gasteiger partial charge in [0.25, 0.3) is 5.91 Å². The Morgan fingerprint density at radius 3 is 2.38 bits per heavy atom. The summed E-state index contributed by atoms with van der Waals surface area (Å²) in [5, 5.41) is 5.86. The Morgan fingerprint density at radius 2 is 1.73 bits per heavy atom. The van der Waals surface area contributed by atoms with Crippen molar-refractivity contribution in [2.45, 2.75) is 77.9 Å². The summed E-state index contributed by atoms with van der Waals surface area (Å²) < 4.78 is 5.44. The van der Waals surface area contributed by atoms with Crippen LogP contribution in [0.25, 0.3) is 6.08 Å². The summed E-state index contributed by atoms with van der Waals surface area (Å²) in [6.07, 6.45) is 3.91. The molecule has 0 radical (unpaired) electrons. The minimum absolute atomic E-state index is 0.0854. The second-order valence-electron chi connectivity index (χ2n) is 11.4. The molecule has 1 aliphatic heterocycles. The van der Waals surface area contributed by atoms with Gasteiger partial charge in [-0.3, -0.25) is 14.9 Å². The Kier molecular flexibility index (Phi) is 9.07. The minimum Gasteiger partial charge on any atom is -0.444 e. The van der Waals surface area contributed by atoms with Gasteiger partial charge in [-0.25, -0.2) is 9.79 Å². The van der Waals surface area contributed by atoms with Gasteiger partial charge in [0, 0.05) is 48.2 Å². The van der Waals surface area contributed by atoms with Gasteiger partial charge >= 0.3 is 6.09 Å². The molecule has 2 N–H and O–H groups in total. The van der Waals surface area contributed by atoms with E-state index < -0.39 is 11.7 Å². The molecule has 1 heterocycles. The van der Waals surface area contributed by atoms with Gasteiger partial charge in [-0.2, -0.15) is 0 Å². The van der Waals surface area contributed by atoms with Gasteiger partial charge in [0.05, 0.1) is 5.69 Å². The van der Waals surface area contributed by atoms with Crippen molar-refractivity contribution < 1.29 is 19.1 Å². The summed E-state index contributed by atoms with van der Waals surface area (Å²) in [6, 6.07) is 15.5. The van der Waals surface area contributed by atoms with E-state index in [4.69, 9.17) is 9.73 Å². The zero-order valence-electron chi connectivity index (χ0n) is 24.1. The number of rotatable bonds is 8. The molecule has 0 saturated heterocycles. The summed E-state index contributed by atoms with van der Waals surface area (Å²) in [4.78, 5) is 45.8. The molecule has 2 aromatic carbocycles. The van der Waals surface area contributed by atoms with Gasteiger partial charge in [-0.1, -0.05) is 50.2 Å². The maximum atomic E-state index is 13.5. The van der Waals surface area contributed by atoms with E-state index in [1.807, 2.05) is 49.1 Å². The van der Waals surface area contributed by atoms with Crippen LogP contribution >= 0.6 is 0 Å². The normalized spacial score (nSPS) is 17.9. The van der Waals surface area contributed by atoms with Crippen molar-refractivity contribution >= 4 is 35.5 Å². The van der Waals surface area contributed by atoms with E-state index in [2.05, 4.69) is 22.8 Å². The molecule has 8 heteroatoms. The molecule has 0 bridgehead atoms. The predicted molar refractivity (Wildman–Crippen MR) is 158 cm³/mol. The first kappa shape index (κ1) is 29.1. The number of alkyl carbamates (subject to hydrolysis) is 1. The van der Waals surface area contributed by atoms with Gasteiger partial charge in [0.2, 0.25) is 5.91 Å². The second kappa shape index (κ2) is 12.5. The lowest BCUT2D eigenvalue weighted by Gasteiger charge is -2.23. The lowest BCUT2D eigenvalue weighted by molar-refractivity contribution is -0.127. The van der Waals surface area contributed by atoms with Gasteiger partial charge in [-0.15, -0.1) is 0 Å². The van der Waals surface area contributed by atoms with Crippen LogP contribution in [0.5, 0.6) is 0 Å². The molecular weight excluding hydrogens is 504 g/mol. The van der Waals surface area contributed by atoms with Crippen LogP contribution in [0.3, 0.4) is 0 Å². The Morgan fingerprint density at radius 1 is 1.02 bits per heavy atom. The largest absolute Gasteiger partial charge is 0.444 e. The van der Waals surface area contributed by atoms with E-state index in [-0.39, 0.29) is 24.3 Å². The third-order valence-corrected chi connectivity index (χ3v) is 6.76. The highest BCUT2D eigenvalue weighted by Crippen LogP contribution is 2.41. The van der Waals surface area contributed by atoms with E-state index in [9.17, 15) is 14.4 Å². The summed E-state index contributed by atoms with van der Waals surface area (Å²) in [5.74, 6) is 0.353. The van der Waals surface area contributed by atoms with Gasteiger partial charge < -0.3 is 15.0 Å². The van der Waals surface area contributed by atoms with E-state index in [0.29, 0.717) is 47.2 Å². The molecule has 3 amide bonds. The molecular formula is C32H40N4O4. The molecule has 0 unspecified atom stereocenters. The molecule has 40 heavy (non-hydrogen) atoms. The highest BCUT2D eigenvalue weighted by atomic mass is 16.6. The number of ether oxygens (including phenoxy) is 1. The molecule has 8 nitrogen and oxygen atoms in total. The summed E-state index contributed by atoms with van der Waals surface area (Å²) >= 11 is 0. The van der Waals surface area contributed by atoms with Crippen molar-refractivity contribution in [1.29, 1.82) is 0 Å². The van der Waals surface area contributed by atoms with Crippen LogP contribution in [0.1, 0.15) is 87.7 Å². The third kappa shape index (κ3) is 7.58. The molecule has 212 valence electrons. The topological polar surface area (TPSA) is 100 Å². The summed E-state index contributed by atoms with van der Waals surface area (Å²) in [7, 11) is 0. The van der Waals surface area contributed by atoms with Gasteiger partial charge in [0.15, 0.2) is 0 Å². The Labute approximate surface area is 236 Å². The first-order chi connectivity index (χ1) is 19.1. The van der Waals surface area contributed by atoms with Crippen molar-refractivity contribution in [2.75, 3.05) is 13.1 Å². The number of carbonyl (C=O) groups excluding carboxylic acids is 3. The predicted octanol–water partition coefficient (Wildman–Crippen LogP) is 5.96. The number of aliphatic imine (C=N–C) groups is 1. The zero-order valence-corrected chi connectivity index (χ0v) is 24.1. The molecule has 1 aliphatic carbocycles. The zero-order chi connectivity index (χ0) is 28.9. The molecule has 0 aromatic heterocycles. The molecule has 1 saturated carbocycles. The second-order valence-corrected chi connectivity index (χ2v) is 11.4. The number of nitrogens with one attached hydrogen (secondary N) is 2. The van der Waals surface area contributed by atoms with Gasteiger partial charge in [-0.05, 0) is 63.8 Å². The average molecular weight is 545 g/mol. The van der Waals surface area contributed by atoms with Crippen LogP contribution in [0, 0.1) is 0 Å². The number of amidine groups is 1. The molecule has 4 rings (SSSR count). The van der Waals surface area contributed by atoms with Crippen LogP contribution in [-0.4, -0.2) is 53.4 Å². The summed E-state index contributed by atoms with van der Waals surface area (Å²) in [5.41, 5.74) is 2.75. The SMILES string of the molecule is CCCN(CCC)C(=O)C1=Cc2ccc(C(=O)N[C@@H]3C[C@H]3c3ccccc3)cc2N=C(NC(=O)OC(C)(C)C)C1. The van der Waals surface area contributed by atoms with Crippen molar-refractivity contribution in [3.05, 3.63) is 70.8 Å². The van der Waals surface area contributed by atoms with Crippen molar-refractivity contribution in [1.82, 2.24) is 15.5 Å². The van der Waals surface area contributed by atoms with E-state index in [0.717, 1.165) is 19.3 Å². The average Bonchev–Trinajstić information content (AvgIpc) is 3.69. The minimum atomic E-state index is -0.688. The maximum absolute atomic E-state index is 13.5. The smallest absolute Gasteiger partial charge is 0.413 e. The monoisotopic (exact) mass is 544 g/mol. The molecule has 0 spiro atoms. The number of hydrogen-bond donors (Lipinski definition) is 2. The fraction of sp³-hybridized carbons (Fsp3) is 0.438. The van der Waals surface area contributed by atoms with Crippen molar-refractivity contribution in [2.24, 2.45) is 4.99 Å². The molecule has 2 aromatic rings. The van der Waals surface area contributed by atoms with Crippen molar-refractivity contribution in [3.63, 3.8) is 0 Å². The first-order valence-corrected chi connectivity index (χ1v) is 14.1. The molecule has 2 atom stereocenters. The Hall–Kier alpha value is -3.94. The maximum Gasteiger partial charge on any atom is 0.413 e. The fourth-order valence-electron chi connectivity index (χ4n) is 4.87. The molecule has 1 fully saturated rings. The van der Waals surface area contributed by atoms with Crippen molar-refractivity contribution in [3.8, 4) is 0 Å². The third-order valence-electron chi connectivity index (χ3n) is 6.76. The number of hydrogen-bond acceptors (Lipinski definition) is 5.